The molecule has 2 amide bonds. The van der Waals surface area contributed by atoms with E-state index in [0.29, 0.717) is 12.5 Å². The summed E-state index contributed by atoms with van der Waals surface area (Å²) >= 11 is 0. The van der Waals surface area contributed by atoms with Crippen LogP contribution in [0.15, 0.2) is 42.5 Å². The van der Waals surface area contributed by atoms with E-state index in [2.05, 4.69) is 55.6 Å². The van der Waals surface area contributed by atoms with Crippen molar-refractivity contribution in [3.8, 4) is 16.9 Å². The standard InChI is InChI=1S/C31H44N2O2/c1-4-6-7-8-9-20-32-31(34)33-22-23(3)35-30-21-28(18-19-29(30)33)27-16-14-26(15-17-27)25-12-10-24(5-2)11-13-25/h14-19,21,23-25H,4-13,20,22H2,1-3H3,(H,32,34). The van der Waals surface area contributed by atoms with Crippen molar-refractivity contribution < 1.29 is 9.53 Å². The summed E-state index contributed by atoms with van der Waals surface area (Å²) in [6, 6.07) is 15.4. The van der Waals surface area contributed by atoms with Crippen LogP contribution in [0.4, 0.5) is 10.5 Å². The number of carbonyl (C=O) groups excluding carboxylic acids is 1. The molecule has 35 heavy (non-hydrogen) atoms. The maximum atomic E-state index is 12.9. The van der Waals surface area contributed by atoms with Gasteiger partial charge in [-0.05, 0) is 79.7 Å². The first-order valence-corrected chi connectivity index (χ1v) is 14.1. The Morgan fingerprint density at radius 1 is 0.943 bits per heavy atom. The average molecular weight is 477 g/mol. The highest BCUT2D eigenvalue weighted by Gasteiger charge is 2.28. The summed E-state index contributed by atoms with van der Waals surface area (Å²) in [5.74, 6) is 2.43. The van der Waals surface area contributed by atoms with Gasteiger partial charge in [-0.1, -0.05) is 76.3 Å². The molecule has 4 rings (SSSR count). The van der Waals surface area contributed by atoms with Crippen LogP contribution in [0.25, 0.3) is 11.1 Å². The molecule has 0 aromatic heterocycles. The molecule has 1 fully saturated rings. The number of amides is 2. The number of nitrogens with zero attached hydrogens (tertiary/aromatic N) is 1. The topological polar surface area (TPSA) is 41.6 Å². The summed E-state index contributed by atoms with van der Waals surface area (Å²) in [7, 11) is 0. The molecule has 2 aliphatic rings. The Kier molecular flexibility index (Phi) is 9.12. The molecule has 1 aliphatic heterocycles. The van der Waals surface area contributed by atoms with Gasteiger partial charge in [0.2, 0.25) is 0 Å². The Labute approximate surface area is 212 Å². The molecule has 1 unspecified atom stereocenters. The number of unbranched alkanes of at least 4 members (excludes halogenated alkanes) is 4. The van der Waals surface area contributed by atoms with E-state index in [1.807, 2.05) is 17.9 Å². The van der Waals surface area contributed by atoms with Gasteiger partial charge in [0.1, 0.15) is 11.9 Å². The molecule has 0 spiro atoms. The smallest absolute Gasteiger partial charge is 0.322 e. The molecule has 1 heterocycles. The highest BCUT2D eigenvalue weighted by Crippen LogP contribution is 2.39. The number of nitrogens with one attached hydrogen (secondary N) is 1. The van der Waals surface area contributed by atoms with Gasteiger partial charge in [0.05, 0.1) is 12.2 Å². The van der Waals surface area contributed by atoms with Crippen LogP contribution in [0.2, 0.25) is 0 Å². The predicted octanol–water partition coefficient (Wildman–Crippen LogP) is 8.30. The lowest BCUT2D eigenvalue weighted by molar-refractivity contribution is 0.205. The molecule has 4 heteroatoms. The number of ether oxygens (including phenoxy) is 1. The fourth-order valence-corrected chi connectivity index (χ4v) is 5.68. The lowest BCUT2D eigenvalue weighted by Crippen LogP contribution is -2.47. The molecule has 190 valence electrons. The van der Waals surface area contributed by atoms with Crippen molar-refractivity contribution in [2.24, 2.45) is 5.92 Å². The molecule has 2 aromatic rings. The molecule has 4 nitrogen and oxygen atoms in total. The van der Waals surface area contributed by atoms with Crippen molar-refractivity contribution in [1.29, 1.82) is 0 Å². The molecule has 1 aliphatic carbocycles. The van der Waals surface area contributed by atoms with Crippen LogP contribution in [0.1, 0.15) is 96.5 Å². The van der Waals surface area contributed by atoms with Gasteiger partial charge in [0.25, 0.3) is 0 Å². The summed E-state index contributed by atoms with van der Waals surface area (Å²) in [6.07, 6.45) is 12.6. The van der Waals surface area contributed by atoms with E-state index in [9.17, 15) is 4.79 Å². The van der Waals surface area contributed by atoms with Crippen LogP contribution in [0, 0.1) is 5.92 Å². The quantitative estimate of drug-likeness (QED) is 0.370. The highest BCUT2D eigenvalue weighted by molar-refractivity contribution is 5.94. The Morgan fingerprint density at radius 2 is 1.66 bits per heavy atom. The second-order valence-corrected chi connectivity index (χ2v) is 10.6. The first kappa shape index (κ1) is 25.6. The third kappa shape index (κ3) is 6.59. The molecule has 1 saturated carbocycles. The Morgan fingerprint density at radius 3 is 2.37 bits per heavy atom. The van der Waals surface area contributed by atoms with E-state index in [1.165, 1.54) is 68.9 Å². The van der Waals surface area contributed by atoms with Gasteiger partial charge in [-0.15, -0.1) is 0 Å². The number of fused-ring (bicyclic) bond motifs is 1. The maximum absolute atomic E-state index is 12.9. The first-order chi connectivity index (χ1) is 17.1. The predicted molar refractivity (Wildman–Crippen MR) is 146 cm³/mol. The van der Waals surface area contributed by atoms with Crippen LogP contribution in [-0.2, 0) is 0 Å². The third-order valence-corrected chi connectivity index (χ3v) is 7.96. The largest absolute Gasteiger partial charge is 0.487 e. The number of rotatable bonds is 9. The Hall–Kier alpha value is -2.49. The van der Waals surface area contributed by atoms with Gasteiger partial charge in [-0.2, -0.15) is 0 Å². The minimum Gasteiger partial charge on any atom is -0.487 e. The average Bonchev–Trinajstić information content (AvgIpc) is 2.90. The van der Waals surface area contributed by atoms with Crippen molar-refractivity contribution in [3.63, 3.8) is 0 Å². The van der Waals surface area contributed by atoms with Gasteiger partial charge in [0.15, 0.2) is 0 Å². The molecule has 2 aromatic carbocycles. The van der Waals surface area contributed by atoms with Crippen LogP contribution < -0.4 is 15.0 Å². The van der Waals surface area contributed by atoms with E-state index in [1.54, 1.807) is 0 Å². The summed E-state index contributed by atoms with van der Waals surface area (Å²) in [4.78, 5) is 14.8. The lowest BCUT2D eigenvalue weighted by atomic mass is 9.77. The maximum Gasteiger partial charge on any atom is 0.322 e. The summed E-state index contributed by atoms with van der Waals surface area (Å²) in [6.45, 7) is 7.88. The minimum atomic E-state index is -0.0336. The van der Waals surface area contributed by atoms with Gasteiger partial charge >= 0.3 is 6.03 Å². The zero-order valence-corrected chi connectivity index (χ0v) is 22.0. The van der Waals surface area contributed by atoms with E-state index >= 15 is 0 Å². The second-order valence-electron chi connectivity index (χ2n) is 10.6. The number of anilines is 1. The molecule has 0 radical (unpaired) electrons. The van der Waals surface area contributed by atoms with E-state index in [4.69, 9.17) is 4.74 Å². The summed E-state index contributed by atoms with van der Waals surface area (Å²) in [5, 5.41) is 3.11. The SMILES string of the molecule is CCCCCCCNC(=O)N1CC(C)Oc2cc(-c3ccc(C4CCC(CC)CC4)cc3)ccc21. The van der Waals surface area contributed by atoms with Gasteiger partial charge in [-0.3, -0.25) is 4.90 Å². The minimum absolute atomic E-state index is 0.0215. The summed E-state index contributed by atoms with van der Waals surface area (Å²) in [5.41, 5.74) is 4.67. The Balaban J connectivity index is 1.40. The van der Waals surface area contributed by atoms with Crippen molar-refractivity contribution >= 4 is 11.7 Å². The van der Waals surface area contributed by atoms with Crippen LogP contribution in [0.5, 0.6) is 5.75 Å². The molecule has 1 atom stereocenters. The number of benzene rings is 2. The van der Waals surface area contributed by atoms with Gasteiger partial charge in [-0.25, -0.2) is 4.79 Å². The van der Waals surface area contributed by atoms with Crippen molar-refractivity contribution in [2.75, 3.05) is 18.0 Å². The summed E-state index contributed by atoms with van der Waals surface area (Å²) < 4.78 is 6.16. The molecule has 0 saturated heterocycles. The zero-order valence-electron chi connectivity index (χ0n) is 22.0. The van der Waals surface area contributed by atoms with Gasteiger partial charge < -0.3 is 10.1 Å². The van der Waals surface area contributed by atoms with Crippen LogP contribution in [0.3, 0.4) is 0 Å². The number of carbonyl (C=O) groups is 1. The van der Waals surface area contributed by atoms with Gasteiger partial charge in [0, 0.05) is 6.54 Å². The highest BCUT2D eigenvalue weighted by atomic mass is 16.5. The van der Waals surface area contributed by atoms with E-state index in [0.717, 1.165) is 35.9 Å². The van der Waals surface area contributed by atoms with Crippen molar-refractivity contribution in [2.45, 2.75) is 97.0 Å². The monoisotopic (exact) mass is 476 g/mol. The molecule has 0 bridgehead atoms. The van der Waals surface area contributed by atoms with E-state index < -0.39 is 0 Å². The molecular formula is C31H44N2O2. The first-order valence-electron chi connectivity index (χ1n) is 14.1. The van der Waals surface area contributed by atoms with Crippen LogP contribution >= 0.6 is 0 Å². The molecule has 1 N–H and O–H groups in total. The Bertz CT molecular complexity index is 947. The fraction of sp³-hybridized carbons (Fsp3) is 0.581. The van der Waals surface area contributed by atoms with E-state index in [-0.39, 0.29) is 12.1 Å². The van der Waals surface area contributed by atoms with Crippen LogP contribution in [-0.4, -0.2) is 25.2 Å². The van der Waals surface area contributed by atoms with Crippen molar-refractivity contribution in [1.82, 2.24) is 5.32 Å². The number of hydrogen-bond donors (Lipinski definition) is 1. The van der Waals surface area contributed by atoms with Crippen molar-refractivity contribution in [3.05, 3.63) is 48.0 Å². The third-order valence-electron chi connectivity index (χ3n) is 7.96. The second kappa shape index (κ2) is 12.5. The normalized spacial score (nSPS) is 21.8. The molecular weight excluding hydrogens is 432 g/mol. The lowest BCUT2D eigenvalue weighted by Gasteiger charge is -2.33. The number of hydrogen-bond acceptors (Lipinski definition) is 2. The number of urea groups is 1. The fourth-order valence-electron chi connectivity index (χ4n) is 5.68. The zero-order chi connectivity index (χ0) is 24.6.